The molecule has 0 heterocycles. The molecule has 4 heteroatoms. The van der Waals surface area contributed by atoms with Gasteiger partial charge in [-0.25, -0.2) is 8.78 Å². The minimum Gasteiger partial charge on any atom is -0.503 e. The maximum atomic E-state index is 13.2. The standard InChI is InChI=1S/C14H12F2OS/c1-2-18-11-5-3-9(4-6-11)10-7-12(15)14(17)13(16)8-10/h3-8,17H,2H2,1H3. The Morgan fingerprint density at radius 2 is 1.56 bits per heavy atom. The fourth-order valence-corrected chi connectivity index (χ4v) is 2.30. The van der Waals surface area contributed by atoms with Gasteiger partial charge in [-0.05, 0) is 41.1 Å². The molecule has 0 radical (unpaired) electrons. The van der Waals surface area contributed by atoms with Crippen molar-refractivity contribution in [2.45, 2.75) is 11.8 Å². The summed E-state index contributed by atoms with van der Waals surface area (Å²) in [6, 6.07) is 9.69. The largest absolute Gasteiger partial charge is 0.503 e. The van der Waals surface area contributed by atoms with Crippen LogP contribution in [0.4, 0.5) is 8.78 Å². The molecule has 1 N–H and O–H groups in total. The molecule has 94 valence electrons. The van der Waals surface area contributed by atoms with E-state index in [-0.39, 0.29) is 0 Å². The van der Waals surface area contributed by atoms with Gasteiger partial charge in [0, 0.05) is 4.90 Å². The third-order valence-electron chi connectivity index (χ3n) is 2.52. The van der Waals surface area contributed by atoms with Crippen molar-refractivity contribution in [1.82, 2.24) is 0 Å². The third-order valence-corrected chi connectivity index (χ3v) is 3.41. The molecule has 0 aromatic heterocycles. The molecule has 0 saturated heterocycles. The van der Waals surface area contributed by atoms with Gasteiger partial charge in [0.1, 0.15) is 0 Å². The Bertz CT molecular complexity index is 529. The van der Waals surface area contributed by atoms with Gasteiger partial charge in [-0.1, -0.05) is 19.1 Å². The lowest BCUT2D eigenvalue weighted by Gasteiger charge is -2.05. The maximum Gasteiger partial charge on any atom is 0.187 e. The number of phenolic OH excluding ortho intramolecular Hbond substituents is 1. The Labute approximate surface area is 108 Å². The first-order valence-electron chi connectivity index (χ1n) is 5.53. The van der Waals surface area contributed by atoms with E-state index in [1.807, 2.05) is 24.3 Å². The number of rotatable bonds is 3. The Morgan fingerprint density at radius 3 is 2.06 bits per heavy atom. The van der Waals surface area contributed by atoms with Gasteiger partial charge in [0.15, 0.2) is 17.4 Å². The first kappa shape index (κ1) is 12.9. The third kappa shape index (κ3) is 2.64. The highest BCUT2D eigenvalue weighted by molar-refractivity contribution is 7.99. The normalized spacial score (nSPS) is 10.6. The minimum absolute atomic E-state index is 0.413. The molecule has 0 aliphatic rings. The molecular weight excluding hydrogens is 254 g/mol. The van der Waals surface area contributed by atoms with Gasteiger partial charge >= 0.3 is 0 Å². The van der Waals surface area contributed by atoms with Crippen LogP contribution >= 0.6 is 11.8 Å². The molecule has 0 amide bonds. The van der Waals surface area contributed by atoms with Crippen LogP contribution in [0.3, 0.4) is 0 Å². The Hall–Kier alpha value is -1.55. The highest BCUT2D eigenvalue weighted by atomic mass is 32.2. The highest BCUT2D eigenvalue weighted by Gasteiger charge is 2.10. The first-order valence-corrected chi connectivity index (χ1v) is 6.51. The molecule has 2 rings (SSSR count). The van der Waals surface area contributed by atoms with Gasteiger partial charge in [0.25, 0.3) is 0 Å². The molecule has 0 fully saturated rings. The summed E-state index contributed by atoms with van der Waals surface area (Å²) in [6.07, 6.45) is 0. The van der Waals surface area contributed by atoms with E-state index in [4.69, 9.17) is 5.11 Å². The zero-order valence-corrected chi connectivity index (χ0v) is 10.6. The van der Waals surface area contributed by atoms with Crippen molar-refractivity contribution in [2.24, 2.45) is 0 Å². The van der Waals surface area contributed by atoms with Crippen molar-refractivity contribution in [3.8, 4) is 16.9 Å². The van der Waals surface area contributed by atoms with Gasteiger partial charge in [-0.2, -0.15) is 0 Å². The van der Waals surface area contributed by atoms with E-state index < -0.39 is 17.4 Å². The van der Waals surface area contributed by atoms with Crippen LogP contribution in [0.15, 0.2) is 41.3 Å². The van der Waals surface area contributed by atoms with Crippen molar-refractivity contribution in [3.05, 3.63) is 48.0 Å². The van der Waals surface area contributed by atoms with E-state index in [2.05, 4.69) is 6.92 Å². The van der Waals surface area contributed by atoms with Gasteiger partial charge in [0.2, 0.25) is 0 Å². The molecular formula is C14H12F2OS. The molecule has 0 spiro atoms. The van der Waals surface area contributed by atoms with Crippen molar-refractivity contribution in [3.63, 3.8) is 0 Å². The summed E-state index contributed by atoms with van der Waals surface area (Å²) in [7, 11) is 0. The smallest absolute Gasteiger partial charge is 0.187 e. The Morgan fingerprint density at radius 1 is 1.00 bits per heavy atom. The molecule has 0 saturated carbocycles. The lowest BCUT2D eigenvalue weighted by Crippen LogP contribution is -1.86. The van der Waals surface area contributed by atoms with Crippen molar-refractivity contribution >= 4 is 11.8 Å². The maximum absolute atomic E-state index is 13.2. The zero-order valence-electron chi connectivity index (χ0n) is 9.78. The van der Waals surface area contributed by atoms with Gasteiger partial charge < -0.3 is 5.11 Å². The number of halogens is 2. The SMILES string of the molecule is CCSc1ccc(-c2cc(F)c(O)c(F)c2)cc1. The summed E-state index contributed by atoms with van der Waals surface area (Å²) in [5, 5.41) is 9.04. The van der Waals surface area contributed by atoms with E-state index >= 15 is 0 Å². The van der Waals surface area contributed by atoms with E-state index in [0.29, 0.717) is 11.1 Å². The van der Waals surface area contributed by atoms with Crippen molar-refractivity contribution in [2.75, 3.05) is 5.75 Å². The van der Waals surface area contributed by atoms with E-state index in [1.165, 1.54) is 0 Å². The van der Waals surface area contributed by atoms with Crippen LogP contribution in [0, 0.1) is 11.6 Å². The number of aromatic hydroxyl groups is 1. The fraction of sp³-hybridized carbons (Fsp3) is 0.143. The zero-order chi connectivity index (χ0) is 13.1. The second-order valence-electron chi connectivity index (χ2n) is 3.75. The first-order chi connectivity index (χ1) is 8.61. The van der Waals surface area contributed by atoms with E-state index in [9.17, 15) is 8.78 Å². The van der Waals surface area contributed by atoms with Crippen LogP contribution in [-0.2, 0) is 0 Å². The molecule has 2 aromatic carbocycles. The van der Waals surface area contributed by atoms with Gasteiger partial charge in [0.05, 0.1) is 0 Å². The quantitative estimate of drug-likeness (QED) is 0.828. The topological polar surface area (TPSA) is 20.2 Å². The van der Waals surface area contributed by atoms with Crippen LogP contribution in [0.5, 0.6) is 5.75 Å². The predicted octanol–water partition coefficient (Wildman–Crippen LogP) is 4.45. The van der Waals surface area contributed by atoms with Crippen LogP contribution in [0.1, 0.15) is 6.92 Å². The molecule has 0 atom stereocenters. The van der Waals surface area contributed by atoms with Crippen LogP contribution in [0.25, 0.3) is 11.1 Å². The van der Waals surface area contributed by atoms with Crippen LogP contribution in [-0.4, -0.2) is 10.9 Å². The lowest BCUT2D eigenvalue weighted by molar-refractivity contribution is 0.396. The van der Waals surface area contributed by atoms with Crippen LogP contribution in [0.2, 0.25) is 0 Å². The van der Waals surface area contributed by atoms with Crippen molar-refractivity contribution < 1.29 is 13.9 Å². The van der Waals surface area contributed by atoms with Gasteiger partial charge in [-0.15, -0.1) is 11.8 Å². The van der Waals surface area contributed by atoms with Crippen molar-refractivity contribution in [1.29, 1.82) is 0 Å². The number of hydrogen-bond acceptors (Lipinski definition) is 2. The number of thioether (sulfide) groups is 1. The molecule has 1 nitrogen and oxygen atoms in total. The summed E-state index contributed by atoms with van der Waals surface area (Å²) in [5.41, 5.74) is 1.13. The molecule has 2 aromatic rings. The summed E-state index contributed by atoms with van der Waals surface area (Å²) in [5.74, 6) is -1.85. The lowest BCUT2D eigenvalue weighted by atomic mass is 10.1. The molecule has 0 aliphatic heterocycles. The Kier molecular flexibility index (Phi) is 3.87. The van der Waals surface area contributed by atoms with Crippen LogP contribution < -0.4 is 0 Å². The highest BCUT2D eigenvalue weighted by Crippen LogP contribution is 2.29. The number of hydrogen-bond donors (Lipinski definition) is 1. The molecule has 0 aliphatic carbocycles. The van der Waals surface area contributed by atoms with Gasteiger partial charge in [-0.3, -0.25) is 0 Å². The number of benzene rings is 2. The van der Waals surface area contributed by atoms with E-state index in [1.54, 1.807) is 11.8 Å². The second-order valence-corrected chi connectivity index (χ2v) is 5.08. The fourth-order valence-electron chi connectivity index (χ4n) is 1.64. The molecule has 18 heavy (non-hydrogen) atoms. The summed E-state index contributed by atoms with van der Waals surface area (Å²) in [4.78, 5) is 1.11. The minimum atomic E-state index is -0.947. The summed E-state index contributed by atoms with van der Waals surface area (Å²) in [6.45, 7) is 2.06. The summed E-state index contributed by atoms with van der Waals surface area (Å²) >= 11 is 1.70. The molecule has 0 unspecified atom stereocenters. The molecule has 0 bridgehead atoms. The number of phenols is 1. The average molecular weight is 266 g/mol. The monoisotopic (exact) mass is 266 g/mol. The second kappa shape index (κ2) is 5.40. The van der Waals surface area contributed by atoms with E-state index in [0.717, 1.165) is 22.8 Å². The average Bonchev–Trinajstić information content (AvgIpc) is 2.37. The predicted molar refractivity (Wildman–Crippen MR) is 69.9 cm³/mol. The summed E-state index contributed by atoms with van der Waals surface area (Å²) < 4.78 is 26.5. The Balaban J connectivity index is 2.36.